The zero-order chi connectivity index (χ0) is 5.98. The van der Waals surface area contributed by atoms with Gasteiger partial charge in [0.2, 0.25) is 0 Å². The quantitative estimate of drug-likeness (QED) is 0.449. The van der Waals surface area contributed by atoms with Gasteiger partial charge in [0.15, 0.2) is 0 Å². The molecule has 0 saturated heterocycles. The molecule has 0 atom stereocenters. The van der Waals surface area contributed by atoms with Crippen molar-refractivity contribution in [3.8, 4) is 0 Å². The van der Waals surface area contributed by atoms with E-state index < -0.39 is 0 Å². The summed E-state index contributed by atoms with van der Waals surface area (Å²) >= 11 is 0. The van der Waals surface area contributed by atoms with E-state index in [2.05, 4.69) is 11.5 Å². The van der Waals surface area contributed by atoms with Gasteiger partial charge in [0.1, 0.15) is 0 Å². The first-order chi connectivity index (χ1) is 3.79. The molecule has 0 aromatic rings. The van der Waals surface area contributed by atoms with Gasteiger partial charge >= 0.3 is 0 Å². The minimum atomic E-state index is -0.168. The maximum Gasteiger partial charge on any atom is 0.266 e. The van der Waals surface area contributed by atoms with Crippen LogP contribution < -0.4 is 5.43 Å². The van der Waals surface area contributed by atoms with Crippen molar-refractivity contribution in [3.05, 3.63) is 12.2 Å². The third-order valence-electron chi connectivity index (χ3n) is 0.891. The van der Waals surface area contributed by atoms with Gasteiger partial charge in [0, 0.05) is 13.6 Å². The average Bonchev–Trinajstić information content (AvgIpc) is 1.64. The molecule has 3 nitrogen and oxygen atoms in total. The lowest BCUT2D eigenvalue weighted by Crippen LogP contribution is -2.41. The van der Waals surface area contributed by atoms with E-state index in [0.717, 1.165) is 6.54 Å². The van der Waals surface area contributed by atoms with Crippen LogP contribution >= 0.6 is 0 Å². The number of amides is 1. The van der Waals surface area contributed by atoms with Crippen molar-refractivity contribution in [3.63, 3.8) is 0 Å². The van der Waals surface area contributed by atoms with Crippen molar-refractivity contribution < 1.29 is 4.79 Å². The Kier molecular flexibility index (Phi) is 1.30. The van der Waals surface area contributed by atoms with E-state index in [4.69, 9.17) is 0 Å². The van der Waals surface area contributed by atoms with Crippen LogP contribution in [0, 0.1) is 6.08 Å². The predicted octanol–water partition coefficient (Wildman–Crippen LogP) is -0.678. The van der Waals surface area contributed by atoms with Crippen molar-refractivity contribution in [2.45, 2.75) is 0 Å². The lowest BCUT2D eigenvalue weighted by molar-refractivity contribution is -0.121. The van der Waals surface area contributed by atoms with Gasteiger partial charge in [-0.25, -0.2) is 5.01 Å². The first kappa shape index (κ1) is 5.31. The highest BCUT2D eigenvalue weighted by Crippen LogP contribution is 1.84. The summed E-state index contributed by atoms with van der Waals surface area (Å²) in [5.41, 5.74) is 2.53. The van der Waals surface area contributed by atoms with Gasteiger partial charge in [-0.1, -0.05) is 6.08 Å². The number of carbonyl (C=O) groups is 1. The summed E-state index contributed by atoms with van der Waals surface area (Å²) in [5.74, 6) is -0.168. The molecule has 1 amide bonds. The van der Waals surface area contributed by atoms with E-state index in [0.29, 0.717) is 0 Å². The van der Waals surface area contributed by atoms with Crippen molar-refractivity contribution in [1.82, 2.24) is 10.4 Å². The van der Waals surface area contributed by atoms with Gasteiger partial charge < -0.3 is 0 Å². The molecule has 1 heterocycles. The van der Waals surface area contributed by atoms with Crippen molar-refractivity contribution in [1.29, 1.82) is 0 Å². The zero-order valence-electron chi connectivity index (χ0n) is 4.64. The Morgan fingerprint density at radius 3 is 3.12 bits per heavy atom. The topological polar surface area (TPSA) is 32.3 Å². The van der Waals surface area contributed by atoms with E-state index in [9.17, 15) is 4.79 Å². The van der Waals surface area contributed by atoms with E-state index in [1.807, 2.05) is 0 Å². The molecule has 0 unspecified atom stereocenters. The van der Waals surface area contributed by atoms with Gasteiger partial charge in [-0.3, -0.25) is 10.2 Å². The molecule has 0 aromatic heterocycles. The fourth-order valence-electron chi connectivity index (χ4n) is 0.527. The summed E-state index contributed by atoms with van der Waals surface area (Å²) in [6.45, 7) is 0.742. The van der Waals surface area contributed by atoms with E-state index >= 15 is 0 Å². The summed E-state index contributed by atoms with van der Waals surface area (Å²) in [4.78, 5) is 10.4. The third kappa shape index (κ3) is 1.07. The van der Waals surface area contributed by atoms with Crippen molar-refractivity contribution in [2.75, 3.05) is 13.6 Å². The van der Waals surface area contributed by atoms with Crippen LogP contribution in [0.2, 0.25) is 0 Å². The number of hydrogen-bond donors (Lipinski definition) is 1. The molecule has 1 rings (SSSR count). The highest BCUT2D eigenvalue weighted by Gasteiger charge is 2.03. The summed E-state index contributed by atoms with van der Waals surface area (Å²) in [6.07, 6.45) is 4.19. The molecule has 1 radical (unpaired) electrons. The second kappa shape index (κ2) is 1.96. The molecular formula is C5H7N2O. The van der Waals surface area contributed by atoms with Crippen LogP contribution in [0.3, 0.4) is 0 Å². The summed E-state index contributed by atoms with van der Waals surface area (Å²) < 4.78 is 0. The van der Waals surface area contributed by atoms with Crippen LogP contribution in [-0.4, -0.2) is 24.5 Å². The second-order valence-corrected chi connectivity index (χ2v) is 1.67. The number of hydrazine groups is 1. The SMILES string of the molecule is CN1CC=[C]C(=O)N1. The van der Waals surface area contributed by atoms with Crippen LogP contribution in [0.1, 0.15) is 0 Å². The van der Waals surface area contributed by atoms with Crippen LogP contribution in [0.4, 0.5) is 0 Å². The number of hydrogen-bond acceptors (Lipinski definition) is 2. The second-order valence-electron chi connectivity index (χ2n) is 1.67. The highest BCUT2D eigenvalue weighted by molar-refractivity contribution is 5.83. The normalized spacial score (nSPS) is 20.9. The molecule has 1 aliphatic heterocycles. The van der Waals surface area contributed by atoms with Crippen LogP contribution in [0.5, 0.6) is 0 Å². The van der Waals surface area contributed by atoms with Gasteiger partial charge in [-0.2, -0.15) is 0 Å². The fraction of sp³-hybridized carbons (Fsp3) is 0.400. The van der Waals surface area contributed by atoms with Gasteiger partial charge in [0.05, 0.1) is 6.08 Å². The Morgan fingerprint density at radius 1 is 2.00 bits per heavy atom. The van der Waals surface area contributed by atoms with Gasteiger partial charge in [-0.15, -0.1) is 0 Å². The molecule has 8 heavy (non-hydrogen) atoms. The van der Waals surface area contributed by atoms with Crippen LogP contribution in [-0.2, 0) is 4.79 Å². The number of nitrogens with one attached hydrogen (secondary N) is 1. The molecule has 0 spiro atoms. The number of rotatable bonds is 0. The predicted molar refractivity (Wildman–Crippen MR) is 28.6 cm³/mol. The molecule has 0 bridgehead atoms. The Bertz CT molecular complexity index is 130. The Balaban J connectivity index is 2.54. The van der Waals surface area contributed by atoms with Crippen molar-refractivity contribution in [2.24, 2.45) is 0 Å². The summed E-state index contributed by atoms with van der Waals surface area (Å²) in [7, 11) is 1.80. The first-order valence-corrected chi connectivity index (χ1v) is 2.39. The molecule has 0 aliphatic carbocycles. The Morgan fingerprint density at radius 2 is 2.75 bits per heavy atom. The summed E-state index contributed by atoms with van der Waals surface area (Å²) in [6, 6.07) is 0. The smallest absolute Gasteiger partial charge is 0.266 e. The van der Waals surface area contributed by atoms with E-state index in [1.165, 1.54) is 0 Å². The monoisotopic (exact) mass is 111 g/mol. The third-order valence-corrected chi connectivity index (χ3v) is 0.891. The molecule has 3 heteroatoms. The first-order valence-electron chi connectivity index (χ1n) is 2.39. The average molecular weight is 111 g/mol. The lowest BCUT2D eigenvalue weighted by Gasteiger charge is -2.17. The molecule has 1 N–H and O–H groups in total. The van der Waals surface area contributed by atoms with Crippen LogP contribution in [0.15, 0.2) is 6.08 Å². The van der Waals surface area contributed by atoms with Crippen LogP contribution in [0.25, 0.3) is 0 Å². The minimum absolute atomic E-state index is 0.168. The Hall–Kier alpha value is -0.830. The van der Waals surface area contributed by atoms with Gasteiger partial charge in [0.25, 0.3) is 5.91 Å². The Labute approximate surface area is 47.9 Å². The number of nitrogens with zero attached hydrogens (tertiary/aromatic N) is 1. The maximum atomic E-state index is 10.4. The standard InChI is InChI=1S/C5H7N2O/c1-7-4-2-3-5(8)6-7/h2H,4H2,1H3,(H,6,8). The summed E-state index contributed by atoms with van der Waals surface area (Å²) in [5, 5.41) is 1.69. The molecule has 0 aromatic carbocycles. The van der Waals surface area contributed by atoms with E-state index in [-0.39, 0.29) is 5.91 Å². The minimum Gasteiger partial charge on any atom is -0.285 e. The molecule has 43 valence electrons. The molecule has 0 saturated carbocycles. The molecule has 0 fully saturated rings. The largest absolute Gasteiger partial charge is 0.285 e. The van der Waals surface area contributed by atoms with E-state index in [1.54, 1.807) is 18.1 Å². The zero-order valence-corrected chi connectivity index (χ0v) is 4.64. The number of carbonyl (C=O) groups excluding carboxylic acids is 1. The fourth-order valence-corrected chi connectivity index (χ4v) is 0.527. The number of likely N-dealkylation sites (N-methyl/N-ethyl adjacent to an activating group) is 1. The molecular weight excluding hydrogens is 104 g/mol. The molecule has 1 aliphatic rings. The highest BCUT2D eigenvalue weighted by atomic mass is 16.2. The maximum absolute atomic E-state index is 10.4. The van der Waals surface area contributed by atoms with Gasteiger partial charge in [-0.05, 0) is 0 Å². The lowest BCUT2D eigenvalue weighted by atomic mass is 10.4. The van der Waals surface area contributed by atoms with Crippen molar-refractivity contribution >= 4 is 5.91 Å².